The van der Waals surface area contributed by atoms with Gasteiger partial charge in [0.05, 0.1) is 24.8 Å². The van der Waals surface area contributed by atoms with E-state index in [-0.39, 0.29) is 5.91 Å². The number of amides is 1. The number of carbonyl (C=O) groups is 2. The van der Waals surface area contributed by atoms with Crippen LogP contribution in [0.1, 0.15) is 33.2 Å². The fourth-order valence-corrected chi connectivity index (χ4v) is 2.24. The minimum Gasteiger partial charge on any atom is -0.496 e. The van der Waals surface area contributed by atoms with Gasteiger partial charge in [0, 0.05) is 5.69 Å². The van der Waals surface area contributed by atoms with Crippen LogP contribution in [0.25, 0.3) is 0 Å². The van der Waals surface area contributed by atoms with Crippen molar-refractivity contribution in [1.29, 1.82) is 0 Å². The number of benzene rings is 2. The van der Waals surface area contributed by atoms with E-state index >= 15 is 0 Å². The standard InChI is InChI=1S/C18H19NO4/c1-4-23-18(21)13-8-6-9-14(11-13)19-17(20)15-10-5-7-12(2)16(15)22-3/h5-11H,4H2,1-3H3,(H,19,20). The number of anilines is 1. The molecule has 0 aromatic heterocycles. The largest absolute Gasteiger partial charge is 0.496 e. The minimum absolute atomic E-state index is 0.299. The lowest BCUT2D eigenvalue weighted by molar-refractivity contribution is 0.0526. The van der Waals surface area contributed by atoms with Crippen LogP contribution in [-0.4, -0.2) is 25.6 Å². The molecule has 0 bridgehead atoms. The zero-order valence-electron chi connectivity index (χ0n) is 13.4. The fourth-order valence-electron chi connectivity index (χ4n) is 2.24. The van der Waals surface area contributed by atoms with E-state index in [1.54, 1.807) is 43.3 Å². The average Bonchev–Trinajstić information content (AvgIpc) is 2.55. The Morgan fingerprint density at radius 2 is 1.87 bits per heavy atom. The number of aryl methyl sites for hydroxylation is 1. The molecule has 1 N–H and O–H groups in total. The van der Waals surface area contributed by atoms with Crippen LogP contribution in [0.2, 0.25) is 0 Å². The lowest BCUT2D eigenvalue weighted by Crippen LogP contribution is -2.14. The maximum absolute atomic E-state index is 12.4. The Bertz CT molecular complexity index is 725. The molecule has 0 saturated carbocycles. The van der Waals surface area contributed by atoms with Gasteiger partial charge in [0.15, 0.2) is 0 Å². The average molecular weight is 313 g/mol. The predicted molar refractivity (Wildman–Crippen MR) is 88.1 cm³/mol. The molecule has 5 nitrogen and oxygen atoms in total. The smallest absolute Gasteiger partial charge is 0.338 e. The van der Waals surface area contributed by atoms with Crippen molar-refractivity contribution in [2.75, 3.05) is 19.0 Å². The van der Waals surface area contributed by atoms with Gasteiger partial charge in [-0.3, -0.25) is 4.79 Å². The SMILES string of the molecule is CCOC(=O)c1cccc(NC(=O)c2cccc(C)c2OC)c1. The van der Waals surface area contributed by atoms with E-state index in [1.165, 1.54) is 7.11 Å². The molecule has 0 aliphatic rings. The molecule has 2 rings (SSSR count). The Labute approximate surface area is 135 Å². The van der Waals surface area contributed by atoms with Crippen LogP contribution in [0.4, 0.5) is 5.69 Å². The number of nitrogens with one attached hydrogen (secondary N) is 1. The molecule has 0 spiro atoms. The molecule has 1 amide bonds. The second-order valence-corrected chi connectivity index (χ2v) is 4.91. The first-order valence-corrected chi connectivity index (χ1v) is 7.29. The lowest BCUT2D eigenvalue weighted by atomic mass is 10.1. The molecule has 0 saturated heterocycles. The summed E-state index contributed by atoms with van der Waals surface area (Å²) in [5.74, 6) is -0.185. The van der Waals surface area contributed by atoms with Crippen LogP contribution in [-0.2, 0) is 4.74 Å². The van der Waals surface area contributed by atoms with Crippen LogP contribution in [0.5, 0.6) is 5.75 Å². The summed E-state index contributed by atoms with van der Waals surface area (Å²) in [7, 11) is 1.53. The first-order chi connectivity index (χ1) is 11.1. The van der Waals surface area contributed by atoms with Crippen LogP contribution < -0.4 is 10.1 Å². The first-order valence-electron chi connectivity index (χ1n) is 7.29. The van der Waals surface area contributed by atoms with Gasteiger partial charge < -0.3 is 14.8 Å². The Hall–Kier alpha value is -2.82. The molecule has 0 aliphatic carbocycles. The zero-order valence-corrected chi connectivity index (χ0v) is 13.4. The van der Waals surface area contributed by atoms with Crippen molar-refractivity contribution in [2.45, 2.75) is 13.8 Å². The summed E-state index contributed by atoms with van der Waals surface area (Å²) in [5, 5.41) is 2.77. The number of para-hydroxylation sites is 1. The lowest BCUT2D eigenvalue weighted by Gasteiger charge is -2.12. The van der Waals surface area contributed by atoms with Crippen molar-refractivity contribution in [1.82, 2.24) is 0 Å². The van der Waals surface area contributed by atoms with Crippen LogP contribution in [0.15, 0.2) is 42.5 Å². The van der Waals surface area contributed by atoms with Gasteiger partial charge in [0.25, 0.3) is 5.91 Å². The zero-order chi connectivity index (χ0) is 16.8. The molecule has 0 heterocycles. The molecule has 0 radical (unpaired) electrons. The molecule has 120 valence electrons. The van der Waals surface area contributed by atoms with E-state index < -0.39 is 5.97 Å². The highest BCUT2D eigenvalue weighted by atomic mass is 16.5. The number of methoxy groups -OCH3 is 1. The molecule has 23 heavy (non-hydrogen) atoms. The monoisotopic (exact) mass is 313 g/mol. The van der Waals surface area contributed by atoms with Gasteiger partial charge in [-0.15, -0.1) is 0 Å². The van der Waals surface area contributed by atoms with Crippen LogP contribution >= 0.6 is 0 Å². The molecule has 0 unspecified atom stereocenters. The quantitative estimate of drug-likeness (QED) is 0.859. The summed E-state index contributed by atoms with van der Waals surface area (Å²) >= 11 is 0. The molecule has 2 aromatic carbocycles. The third kappa shape index (κ3) is 3.88. The van der Waals surface area contributed by atoms with Crippen molar-refractivity contribution >= 4 is 17.6 Å². The van der Waals surface area contributed by atoms with Crippen molar-refractivity contribution in [3.05, 3.63) is 59.2 Å². The summed E-state index contributed by atoms with van der Waals surface area (Å²) in [6, 6.07) is 12.0. The van der Waals surface area contributed by atoms with Gasteiger partial charge in [-0.05, 0) is 43.7 Å². The third-order valence-electron chi connectivity index (χ3n) is 3.29. The second kappa shape index (κ2) is 7.45. The minimum atomic E-state index is -0.420. The third-order valence-corrected chi connectivity index (χ3v) is 3.29. The second-order valence-electron chi connectivity index (χ2n) is 4.91. The van der Waals surface area contributed by atoms with Crippen molar-refractivity contribution in [2.24, 2.45) is 0 Å². The Kier molecular flexibility index (Phi) is 5.36. The van der Waals surface area contributed by atoms with E-state index in [9.17, 15) is 9.59 Å². The van der Waals surface area contributed by atoms with Gasteiger partial charge in [0.1, 0.15) is 5.75 Å². The van der Waals surface area contributed by atoms with E-state index in [2.05, 4.69) is 5.32 Å². The van der Waals surface area contributed by atoms with Crippen molar-refractivity contribution in [3.63, 3.8) is 0 Å². The highest BCUT2D eigenvalue weighted by Gasteiger charge is 2.15. The maximum Gasteiger partial charge on any atom is 0.338 e. The van der Waals surface area contributed by atoms with Gasteiger partial charge in [-0.1, -0.05) is 18.2 Å². The number of rotatable bonds is 5. The molecule has 0 atom stereocenters. The molecular formula is C18H19NO4. The van der Waals surface area contributed by atoms with Crippen molar-refractivity contribution < 1.29 is 19.1 Å². The van der Waals surface area contributed by atoms with Gasteiger partial charge >= 0.3 is 5.97 Å². The summed E-state index contributed by atoms with van der Waals surface area (Å²) in [6.07, 6.45) is 0. The van der Waals surface area contributed by atoms with Gasteiger partial charge in [-0.25, -0.2) is 4.79 Å². The Morgan fingerprint density at radius 1 is 1.13 bits per heavy atom. The Balaban J connectivity index is 2.23. The van der Waals surface area contributed by atoms with Crippen LogP contribution in [0.3, 0.4) is 0 Å². The Morgan fingerprint density at radius 3 is 2.57 bits per heavy atom. The van der Waals surface area contributed by atoms with Crippen molar-refractivity contribution in [3.8, 4) is 5.75 Å². The molecule has 2 aromatic rings. The number of esters is 1. The summed E-state index contributed by atoms with van der Waals surface area (Å²) in [6.45, 7) is 3.92. The maximum atomic E-state index is 12.4. The fraction of sp³-hybridized carbons (Fsp3) is 0.222. The number of ether oxygens (including phenoxy) is 2. The topological polar surface area (TPSA) is 64.6 Å². The molecular weight excluding hydrogens is 294 g/mol. The highest BCUT2D eigenvalue weighted by Crippen LogP contribution is 2.24. The number of hydrogen-bond donors (Lipinski definition) is 1. The molecule has 5 heteroatoms. The summed E-state index contributed by atoms with van der Waals surface area (Å²) < 4.78 is 10.2. The highest BCUT2D eigenvalue weighted by molar-refractivity contribution is 6.07. The molecule has 0 aliphatic heterocycles. The van der Waals surface area contributed by atoms with E-state index in [0.29, 0.717) is 29.2 Å². The van der Waals surface area contributed by atoms with E-state index in [1.807, 2.05) is 13.0 Å². The van der Waals surface area contributed by atoms with Gasteiger partial charge in [0.2, 0.25) is 0 Å². The van der Waals surface area contributed by atoms with E-state index in [0.717, 1.165) is 5.56 Å². The summed E-state index contributed by atoms with van der Waals surface area (Å²) in [5.41, 5.74) is 2.22. The normalized spacial score (nSPS) is 10.0. The molecule has 0 fully saturated rings. The number of carbonyl (C=O) groups excluding carboxylic acids is 2. The van der Waals surface area contributed by atoms with Crippen LogP contribution in [0, 0.1) is 6.92 Å². The summed E-state index contributed by atoms with van der Waals surface area (Å²) in [4.78, 5) is 24.2. The van der Waals surface area contributed by atoms with Gasteiger partial charge in [-0.2, -0.15) is 0 Å². The van der Waals surface area contributed by atoms with E-state index in [4.69, 9.17) is 9.47 Å². The first kappa shape index (κ1) is 16.5. The predicted octanol–water partition coefficient (Wildman–Crippen LogP) is 3.43. The number of hydrogen-bond acceptors (Lipinski definition) is 4.